The molecule has 0 radical (unpaired) electrons. The lowest BCUT2D eigenvalue weighted by Crippen LogP contribution is -1.99. The first-order valence-electron chi connectivity index (χ1n) is 3.66. The summed E-state index contributed by atoms with van der Waals surface area (Å²) in [5.74, 6) is 0. The van der Waals surface area contributed by atoms with Crippen molar-refractivity contribution in [3.8, 4) is 0 Å². The van der Waals surface area contributed by atoms with Crippen LogP contribution in [0.2, 0.25) is 0 Å². The van der Waals surface area contributed by atoms with E-state index in [1.807, 2.05) is 12.2 Å². The van der Waals surface area contributed by atoms with Crippen LogP contribution in [-0.4, -0.2) is 11.2 Å². The molecule has 0 aromatic rings. The van der Waals surface area contributed by atoms with Gasteiger partial charge in [-0.1, -0.05) is 32.4 Å². The van der Waals surface area contributed by atoms with Crippen LogP contribution >= 0.6 is 0 Å². The molecule has 1 heteroatoms. The lowest BCUT2D eigenvalue weighted by atomic mass is 10.2. The molecule has 0 aliphatic carbocycles. The second-order valence-electron chi connectivity index (χ2n) is 2.19. The molecule has 0 rings (SSSR count). The van der Waals surface area contributed by atoms with Crippen molar-refractivity contribution in [3.63, 3.8) is 0 Å². The van der Waals surface area contributed by atoms with Crippen LogP contribution < -0.4 is 0 Å². The Balaban J connectivity index is 3.25. The van der Waals surface area contributed by atoms with Gasteiger partial charge in [0.1, 0.15) is 0 Å². The number of rotatable bonds is 4. The van der Waals surface area contributed by atoms with Gasteiger partial charge in [-0.05, 0) is 12.8 Å². The molecule has 0 aromatic heterocycles. The maximum absolute atomic E-state index is 9.09. The molecular formula is C8H16O. The number of allylic oxidation sites excluding steroid dienone is 1. The second-order valence-corrected chi connectivity index (χ2v) is 2.19. The zero-order valence-corrected chi connectivity index (χ0v) is 6.30. The van der Waals surface area contributed by atoms with Gasteiger partial charge in [-0.25, -0.2) is 0 Å². The average Bonchev–Trinajstić information content (AvgIpc) is 1.85. The van der Waals surface area contributed by atoms with Crippen molar-refractivity contribution in [3.05, 3.63) is 12.2 Å². The molecule has 0 spiro atoms. The van der Waals surface area contributed by atoms with Crippen molar-refractivity contribution in [1.29, 1.82) is 0 Å². The molecule has 0 unspecified atom stereocenters. The minimum atomic E-state index is -0.213. The summed E-state index contributed by atoms with van der Waals surface area (Å²) in [6, 6.07) is 0. The fraction of sp³-hybridized carbons (Fsp3) is 0.750. The second kappa shape index (κ2) is 5.83. The predicted octanol–water partition coefficient (Wildman–Crippen LogP) is 2.11. The first-order chi connectivity index (χ1) is 4.31. The van der Waals surface area contributed by atoms with Crippen molar-refractivity contribution >= 4 is 0 Å². The number of aliphatic hydroxyl groups is 1. The van der Waals surface area contributed by atoms with Crippen LogP contribution in [0.15, 0.2) is 12.2 Å². The van der Waals surface area contributed by atoms with E-state index in [9.17, 15) is 0 Å². The Bertz CT molecular complexity index is 76.6. The summed E-state index contributed by atoms with van der Waals surface area (Å²) in [4.78, 5) is 0. The fourth-order valence-corrected chi connectivity index (χ4v) is 0.685. The largest absolute Gasteiger partial charge is 0.389 e. The van der Waals surface area contributed by atoms with E-state index in [0.29, 0.717) is 0 Å². The molecular weight excluding hydrogens is 112 g/mol. The van der Waals surface area contributed by atoms with E-state index in [2.05, 4.69) is 13.8 Å². The highest BCUT2D eigenvalue weighted by atomic mass is 16.3. The summed E-state index contributed by atoms with van der Waals surface area (Å²) in [5.41, 5.74) is 0. The van der Waals surface area contributed by atoms with Crippen LogP contribution in [0.3, 0.4) is 0 Å². The van der Waals surface area contributed by atoms with Crippen LogP contribution in [0.5, 0.6) is 0 Å². The van der Waals surface area contributed by atoms with Crippen LogP contribution in [0, 0.1) is 0 Å². The zero-order chi connectivity index (χ0) is 7.11. The molecule has 0 aromatic carbocycles. The van der Waals surface area contributed by atoms with E-state index in [4.69, 9.17) is 5.11 Å². The maximum Gasteiger partial charge on any atom is 0.0720 e. The highest BCUT2D eigenvalue weighted by Crippen LogP contribution is 1.97. The Hall–Kier alpha value is -0.300. The first-order valence-corrected chi connectivity index (χ1v) is 3.66. The average molecular weight is 128 g/mol. The fourth-order valence-electron chi connectivity index (χ4n) is 0.685. The Morgan fingerprint density at radius 2 is 2.11 bits per heavy atom. The van der Waals surface area contributed by atoms with Gasteiger partial charge in [-0.2, -0.15) is 0 Å². The third-order valence-electron chi connectivity index (χ3n) is 1.18. The number of hydrogen-bond acceptors (Lipinski definition) is 1. The van der Waals surface area contributed by atoms with Crippen molar-refractivity contribution < 1.29 is 5.11 Å². The van der Waals surface area contributed by atoms with Gasteiger partial charge in [0.15, 0.2) is 0 Å². The molecule has 0 fully saturated rings. The van der Waals surface area contributed by atoms with E-state index in [-0.39, 0.29) is 6.10 Å². The molecule has 0 heterocycles. The number of hydrogen-bond donors (Lipinski definition) is 1. The monoisotopic (exact) mass is 128 g/mol. The van der Waals surface area contributed by atoms with E-state index in [1.54, 1.807) is 0 Å². The smallest absolute Gasteiger partial charge is 0.0720 e. The molecule has 1 nitrogen and oxygen atoms in total. The first kappa shape index (κ1) is 8.70. The molecule has 1 N–H and O–H groups in total. The molecule has 9 heavy (non-hydrogen) atoms. The van der Waals surface area contributed by atoms with E-state index in [0.717, 1.165) is 19.3 Å². The third kappa shape index (κ3) is 5.57. The summed E-state index contributed by atoms with van der Waals surface area (Å²) < 4.78 is 0. The Morgan fingerprint density at radius 3 is 2.56 bits per heavy atom. The minimum Gasteiger partial charge on any atom is -0.389 e. The predicted molar refractivity (Wildman–Crippen MR) is 40.3 cm³/mol. The topological polar surface area (TPSA) is 20.2 Å². The third-order valence-corrected chi connectivity index (χ3v) is 1.18. The molecule has 0 aliphatic heterocycles. The molecule has 0 bridgehead atoms. The van der Waals surface area contributed by atoms with Crippen molar-refractivity contribution in [2.75, 3.05) is 0 Å². The molecule has 0 saturated carbocycles. The van der Waals surface area contributed by atoms with E-state index >= 15 is 0 Å². The summed E-state index contributed by atoms with van der Waals surface area (Å²) in [7, 11) is 0. The summed E-state index contributed by atoms with van der Waals surface area (Å²) in [5, 5.41) is 9.09. The van der Waals surface area contributed by atoms with Crippen LogP contribution in [-0.2, 0) is 0 Å². The van der Waals surface area contributed by atoms with Gasteiger partial charge < -0.3 is 5.11 Å². The quantitative estimate of drug-likeness (QED) is 0.575. The molecule has 54 valence electrons. The standard InChI is InChI=1S/C8H16O/c1-3-5-7-8(9)6-4-2/h5,7-9H,3-4,6H2,1-2H3/t8-/m0/s1. The van der Waals surface area contributed by atoms with Gasteiger partial charge in [-0.3, -0.25) is 0 Å². The number of aliphatic hydroxyl groups excluding tert-OH is 1. The van der Waals surface area contributed by atoms with Gasteiger partial charge in [0, 0.05) is 0 Å². The van der Waals surface area contributed by atoms with Crippen LogP contribution in [0.4, 0.5) is 0 Å². The minimum absolute atomic E-state index is 0.213. The van der Waals surface area contributed by atoms with Gasteiger partial charge in [0.25, 0.3) is 0 Å². The van der Waals surface area contributed by atoms with Gasteiger partial charge in [-0.15, -0.1) is 0 Å². The highest BCUT2D eigenvalue weighted by molar-refractivity contribution is 4.86. The van der Waals surface area contributed by atoms with Crippen LogP contribution in [0.25, 0.3) is 0 Å². The Labute approximate surface area is 57.4 Å². The van der Waals surface area contributed by atoms with E-state index in [1.165, 1.54) is 0 Å². The summed E-state index contributed by atoms with van der Waals surface area (Å²) in [6.07, 6.45) is 6.60. The lowest BCUT2D eigenvalue weighted by molar-refractivity contribution is 0.211. The van der Waals surface area contributed by atoms with E-state index < -0.39 is 0 Å². The summed E-state index contributed by atoms with van der Waals surface area (Å²) >= 11 is 0. The maximum atomic E-state index is 9.09. The zero-order valence-electron chi connectivity index (χ0n) is 6.30. The summed E-state index contributed by atoms with van der Waals surface area (Å²) in [6.45, 7) is 4.14. The lowest BCUT2D eigenvalue weighted by Gasteiger charge is -1.99. The van der Waals surface area contributed by atoms with Crippen molar-refractivity contribution in [1.82, 2.24) is 0 Å². The van der Waals surface area contributed by atoms with Crippen molar-refractivity contribution in [2.45, 2.75) is 39.2 Å². The molecule has 0 aliphatic rings. The van der Waals surface area contributed by atoms with Gasteiger partial charge in [0.05, 0.1) is 6.10 Å². The molecule has 0 amide bonds. The Kier molecular flexibility index (Phi) is 5.64. The molecule has 0 saturated heterocycles. The SMILES string of the molecule is CCC=C[C@@H](O)CCC. The highest BCUT2D eigenvalue weighted by Gasteiger charge is 1.92. The molecule has 1 atom stereocenters. The van der Waals surface area contributed by atoms with Crippen molar-refractivity contribution in [2.24, 2.45) is 0 Å². The Morgan fingerprint density at radius 1 is 1.44 bits per heavy atom. The van der Waals surface area contributed by atoms with Gasteiger partial charge >= 0.3 is 0 Å². The normalized spacial score (nSPS) is 14.6. The van der Waals surface area contributed by atoms with Gasteiger partial charge in [0.2, 0.25) is 0 Å². The van der Waals surface area contributed by atoms with Crippen LogP contribution in [0.1, 0.15) is 33.1 Å².